The number of likely N-dealkylation sites (tertiary alicyclic amines) is 1. The van der Waals surface area contributed by atoms with Crippen molar-refractivity contribution in [3.63, 3.8) is 0 Å². The maximum atomic E-state index is 11.3. The molecule has 12 heavy (non-hydrogen) atoms. The molecule has 0 radical (unpaired) electrons. The lowest BCUT2D eigenvalue weighted by molar-refractivity contribution is -0.127. The molecule has 4 heteroatoms. The van der Waals surface area contributed by atoms with Gasteiger partial charge in [0, 0.05) is 13.0 Å². The number of nitrogens with zero attached hydrogens (tertiary/aromatic N) is 1. The van der Waals surface area contributed by atoms with Gasteiger partial charge in [0.25, 0.3) is 0 Å². The number of amides is 2. The molecule has 1 unspecified atom stereocenters. The number of rotatable bonds is 1. The maximum Gasteiger partial charge on any atom is 0.246 e. The molecule has 2 amide bonds. The lowest BCUT2D eigenvalue weighted by Crippen LogP contribution is -2.32. The molecular weight excluding hydrogens is 173 g/mol. The molecule has 1 aliphatic heterocycles. The molecule has 1 atom stereocenters. The van der Waals surface area contributed by atoms with Crippen LogP contribution in [0.2, 0.25) is 0 Å². The summed E-state index contributed by atoms with van der Waals surface area (Å²) in [4.78, 5) is 24.0. The fourth-order valence-corrected chi connectivity index (χ4v) is 1.84. The topological polar surface area (TPSA) is 37.4 Å². The zero-order valence-electron chi connectivity index (χ0n) is 7.30. The predicted molar refractivity (Wildman–Crippen MR) is 49.8 cm³/mol. The minimum Gasteiger partial charge on any atom is -0.279 e. The van der Waals surface area contributed by atoms with E-state index in [-0.39, 0.29) is 20.1 Å². The molecule has 0 bridgehead atoms. The van der Waals surface area contributed by atoms with Gasteiger partial charge in [-0.2, -0.15) is 0 Å². The van der Waals surface area contributed by atoms with Crippen LogP contribution in [0.3, 0.4) is 0 Å². The van der Waals surface area contributed by atoms with Gasteiger partial charge in [-0.15, -0.1) is 0 Å². The predicted octanol–water partition coefficient (Wildman–Crippen LogP) is 1.82. The fraction of sp³-hybridized carbons (Fsp3) is 0.750. The molecule has 1 saturated heterocycles. The van der Waals surface area contributed by atoms with E-state index < -0.39 is 0 Å². The van der Waals surface area contributed by atoms with E-state index in [9.17, 15) is 9.59 Å². The minimum atomic E-state index is 0.00176. The molecule has 0 saturated carbocycles. The van der Waals surface area contributed by atoms with E-state index in [4.69, 9.17) is 0 Å². The average Bonchev–Trinajstić information content (AvgIpc) is 2.28. The zero-order chi connectivity index (χ0) is 8.97. The van der Waals surface area contributed by atoms with Crippen molar-refractivity contribution in [3.8, 4) is 0 Å². The SMILES string of the molecule is CPC(=O)N1CCCCCC1=O. The summed E-state index contributed by atoms with van der Waals surface area (Å²) in [6.45, 7) is 2.46. The van der Waals surface area contributed by atoms with E-state index in [1.807, 2.05) is 6.66 Å². The zero-order valence-corrected chi connectivity index (χ0v) is 8.30. The quantitative estimate of drug-likeness (QED) is 0.587. The molecule has 68 valence electrons. The Hall–Kier alpha value is -0.430. The summed E-state index contributed by atoms with van der Waals surface area (Å²) in [6.07, 6.45) is 3.54. The van der Waals surface area contributed by atoms with Crippen LogP contribution in [0.25, 0.3) is 0 Å². The van der Waals surface area contributed by atoms with Crippen LogP contribution in [-0.2, 0) is 4.79 Å². The normalized spacial score (nSPS) is 20.1. The summed E-state index contributed by atoms with van der Waals surface area (Å²) in [5.41, 5.74) is 0.00176. The van der Waals surface area contributed by atoms with Crippen LogP contribution in [0, 0.1) is 0 Å². The van der Waals surface area contributed by atoms with Gasteiger partial charge in [-0.3, -0.25) is 14.5 Å². The Bertz CT molecular complexity index is 193. The van der Waals surface area contributed by atoms with E-state index in [0.29, 0.717) is 13.0 Å². The van der Waals surface area contributed by atoms with Gasteiger partial charge < -0.3 is 0 Å². The smallest absolute Gasteiger partial charge is 0.246 e. The molecule has 1 rings (SSSR count). The van der Waals surface area contributed by atoms with Gasteiger partial charge in [0.05, 0.1) is 0 Å². The van der Waals surface area contributed by atoms with E-state index in [2.05, 4.69) is 0 Å². The second-order valence-electron chi connectivity index (χ2n) is 2.91. The van der Waals surface area contributed by atoms with Crippen molar-refractivity contribution < 1.29 is 9.59 Å². The average molecular weight is 187 g/mol. The van der Waals surface area contributed by atoms with E-state index in [0.717, 1.165) is 19.3 Å². The minimum absolute atomic E-state index is 0.00176. The number of hydrogen-bond donors (Lipinski definition) is 0. The molecule has 0 aromatic carbocycles. The van der Waals surface area contributed by atoms with Crippen LogP contribution in [0.4, 0.5) is 4.79 Å². The Morgan fingerprint density at radius 2 is 2.17 bits per heavy atom. The van der Waals surface area contributed by atoms with Crippen molar-refractivity contribution in [2.24, 2.45) is 0 Å². The molecule has 3 nitrogen and oxygen atoms in total. The fourth-order valence-electron chi connectivity index (χ4n) is 1.33. The first kappa shape index (κ1) is 9.66. The first-order chi connectivity index (χ1) is 5.75. The maximum absolute atomic E-state index is 11.3. The Kier molecular flexibility index (Phi) is 3.67. The Balaban J connectivity index is 2.59. The first-order valence-electron chi connectivity index (χ1n) is 4.28. The van der Waals surface area contributed by atoms with Gasteiger partial charge in [-0.05, 0) is 28.1 Å². The largest absolute Gasteiger partial charge is 0.279 e. The number of carbonyl (C=O) groups is 2. The molecule has 0 aliphatic carbocycles. The Morgan fingerprint density at radius 1 is 1.42 bits per heavy atom. The van der Waals surface area contributed by atoms with Gasteiger partial charge in [0.1, 0.15) is 0 Å². The highest BCUT2D eigenvalue weighted by atomic mass is 31.1. The summed E-state index contributed by atoms with van der Waals surface area (Å²) in [5, 5.41) is 0. The number of carbonyl (C=O) groups excluding carboxylic acids is 2. The highest BCUT2D eigenvalue weighted by Crippen LogP contribution is 2.17. The van der Waals surface area contributed by atoms with Gasteiger partial charge in [0.15, 0.2) is 0 Å². The first-order valence-corrected chi connectivity index (χ1v) is 5.78. The molecule has 1 aliphatic rings. The van der Waals surface area contributed by atoms with Gasteiger partial charge >= 0.3 is 0 Å². The Labute approximate surface area is 74.3 Å². The van der Waals surface area contributed by atoms with Crippen LogP contribution in [0.5, 0.6) is 0 Å². The van der Waals surface area contributed by atoms with E-state index >= 15 is 0 Å². The molecule has 0 spiro atoms. The van der Waals surface area contributed by atoms with Crippen LogP contribution >= 0.6 is 8.58 Å². The van der Waals surface area contributed by atoms with Crippen molar-refractivity contribution in [2.45, 2.75) is 25.7 Å². The van der Waals surface area contributed by atoms with Crippen molar-refractivity contribution in [1.29, 1.82) is 0 Å². The number of imide groups is 1. The van der Waals surface area contributed by atoms with Crippen molar-refractivity contribution in [3.05, 3.63) is 0 Å². The monoisotopic (exact) mass is 187 g/mol. The summed E-state index contributed by atoms with van der Waals surface area (Å²) >= 11 is 0. The third kappa shape index (κ3) is 2.28. The summed E-state index contributed by atoms with van der Waals surface area (Å²) in [6, 6.07) is 0. The highest BCUT2D eigenvalue weighted by Gasteiger charge is 2.21. The second-order valence-corrected chi connectivity index (χ2v) is 3.84. The Morgan fingerprint density at radius 3 is 2.83 bits per heavy atom. The summed E-state index contributed by atoms with van der Waals surface area (Å²) < 4.78 is 0. The van der Waals surface area contributed by atoms with Crippen molar-refractivity contribution in [1.82, 2.24) is 4.90 Å². The van der Waals surface area contributed by atoms with Crippen LogP contribution in [0.15, 0.2) is 0 Å². The third-order valence-electron chi connectivity index (χ3n) is 2.03. The third-order valence-corrected chi connectivity index (χ3v) is 2.73. The standard InChI is InChI=1S/C8H14NO2P/c1-12-8(11)9-6-4-2-3-5-7(9)10/h12H,2-6H2,1H3. The van der Waals surface area contributed by atoms with Crippen molar-refractivity contribution >= 4 is 20.1 Å². The van der Waals surface area contributed by atoms with Crippen LogP contribution in [-0.4, -0.2) is 29.7 Å². The van der Waals surface area contributed by atoms with Gasteiger partial charge in [-0.1, -0.05) is 6.42 Å². The molecule has 0 N–H and O–H groups in total. The molecular formula is C8H14NO2P. The van der Waals surface area contributed by atoms with E-state index in [1.165, 1.54) is 4.90 Å². The van der Waals surface area contributed by atoms with Crippen LogP contribution in [0.1, 0.15) is 25.7 Å². The summed E-state index contributed by atoms with van der Waals surface area (Å²) in [5.74, 6) is 0.0202. The molecule has 0 aromatic heterocycles. The van der Waals surface area contributed by atoms with Gasteiger partial charge in [-0.25, -0.2) is 0 Å². The number of hydrogen-bond acceptors (Lipinski definition) is 2. The molecule has 1 fully saturated rings. The van der Waals surface area contributed by atoms with Crippen LogP contribution < -0.4 is 0 Å². The highest BCUT2D eigenvalue weighted by molar-refractivity contribution is 7.57. The summed E-state index contributed by atoms with van der Waals surface area (Å²) in [7, 11) is 0.211. The van der Waals surface area contributed by atoms with E-state index in [1.54, 1.807) is 0 Å². The molecule has 1 heterocycles. The van der Waals surface area contributed by atoms with Gasteiger partial charge in [0.2, 0.25) is 11.6 Å². The van der Waals surface area contributed by atoms with Crippen molar-refractivity contribution in [2.75, 3.05) is 13.2 Å². The molecule has 0 aromatic rings. The lowest BCUT2D eigenvalue weighted by atomic mass is 10.2. The lowest BCUT2D eigenvalue weighted by Gasteiger charge is -2.16. The second kappa shape index (κ2) is 4.56.